The highest BCUT2D eigenvalue weighted by Crippen LogP contribution is 2.35. The lowest BCUT2D eigenvalue weighted by Gasteiger charge is -2.48. The number of carbonyl (C=O) groups excluding carboxylic acids is 2. The number of allylic oxidation sites excluding steroid dienone is 3. The van der Waals surface area contributed by atoms with Crippen LogP contribution in [0.4, 0.5) is 0 Å². The second-order valence-electron chi connectivity index (χ2n) is 12.5. The van der Waals surface area contributed by atoms with Gasteiger partial charge in [0.15, 0.2) is 12.1 Å². The lowest BCUT2D eigenvalue weighted by Crippen LogP contribution is -2.60. The smallest absolute Gasteiger partial charge is 0.308 e. The molecule has 0 radical (unpaired) electrons. The van der Waals surface area contributed by atoms with Crippen LogP contribution >= 0.6 is 0 Å². The fourth-order valence-electron chi connectivity index (χ4n) is 6.33. The summed E-state index contributed by atoms with van der Waals surface area (Å²) >= 11 is 0. The number of methoxy groups -OCH3 is 1. The maximum Gasteiger partial charge on any atom is 0.308 e. The van der Waals surface area contributed by atoms with Crippen LogP contribution in [0, 0.1) is 29.6 Å². The number of likely N-dealkylation sites (N-methyl/N-ethyl adjacent to an activating group) is 1. The maximum atomic E-state index is 13.1. The number of hydrogen-bond donors (Lipinski definition) is 2. The zero-order valence-electron chi connectivity index (χ0n) is 26.8. The van der Waals surface area contributed by atoms with E-state index in [4.69, 9.17) is 18.9 Å². The van der Waals surface area contributed by atoms with Gasteiger partial charge in [-0.3, -0.25) is 9.59 Å². The fraction of sp³-hybridized carbons (Fsp3) is 0.812. The number of rotatable bonds is 6. The van der Waals surface area contributed by atoms with Crippen LogP contribution in [0.15, 0.2) is 23.8 Å². The Balaban J connectivity index is 2.45. The number of ether oxygens (including phenoxy) is 4. The van der Waals surface area contributed by atoms with Crippen LogP contribution in [0.3, 0.4) is 0 Å². The Hall–Kier alpha value is -1.62. The van der Waals surface area contributed by atoms with E-state index in [0.29, 0.717) is 12.8 Å². The molecule has 2 rings (SSSR count). The van der Waals surface area contributed by atoms with Crippen molar-refractivity contribution in [2.24, 2.45) is 29.6 Å². The van der Waals surface area contributed by atoms with E-state index in [-0.39, 0.29) is 54.8 Å². The first-order valence-electron chi connectivity index (χ1n) is 15.1. The quantitative estimate of drug-likeness (QED) is 0.453. The molecular weight excluding hydrogens is 526 g/mol. The molecule has 9 nitrogen and oxygen atoms in total. The van der Waals surface area contributed by atoms with E-state index in [1.54, 1.807) is 19.3 Å². The van der Waals surface area contributed by atoms with Gasteiger partial charge in [-0.15, -0.1) is 0 Å². The minimum atomic E-state index is -1.05. The molecule has 2 heterocycles. The van der Waals surface area contributed by atoms with Gasteiger partial charge in [0.05, 0.1) is 31.3 Å². The van der Waals surface area contributed by atoms with Gasteiger partial charge in [-0.2, -0.15) is 0 Å². The summed E-state index contributed by atoms with van der Waals surface area (Å²) in [6.07, 6.45) is 2.61. The molecule has 0 spiro atoms. The van der Waals surface area contributed by atoms with Crippen molar-refractivity contribution in [3.05, 3.63) is 23.8 Å². The molecule has 0 aromatic rings. The third-order valence-corrected chi connectivity index (χ3v) is 9.03. The third-order valence-electron chi connectivity index (χ3n) is 9.03. The second kappa shape index (κ2) is 16.3. The largest absolute Gasteiger partial charge is 0.462 e. The molecule has 0 aliphatic carbocycles. The molecule has 9 heteroatoms. The summed E-state index contributed by atoms with van der Waals surface area (Å²) in [5.74, 6) is -1.70. The number of nitrogens with zero attached hydrogens (tertiary/aromatic N) is 1. The van der Waals surface area contributed by atoms with E-state index in [1.165, 1.54) is 0 Å². The fourth-order valence-corrected chi connectivity index (χ4v) is 6.33. The van der Waals surface area contributed by atoms with Crippen LogP contribution in [-0.4, -0.2) is 97.5 Å². The molecule has 1 saturated heterocycles. The Kier molecular flexibility index (Phi) is 14.1. The van der Waals surface area contributed by atoms with Crippen LogP contribution in [0.5, 0.6) is 0 Å². The molecule has 41 heavy (non-hydrogen) atoms. The molecule has 0 saturated carbocycles. The van der Waals surface area contributed by atoms with E-state index >= 15 is 0 Å². The highest BCUT2D eigenvalue weighted by atomic mass is 16.7. The Morgan fingerprint density at radius 1 is 1.05 bits per heavy atom. The summed E-state index contributed by atoms with van der Waals surface area (Å²) in [7, 11) is 5.67. The molecule has 0 aromatic carbocycles. The maximum absolute atomic E-state index is 13.1. The number of aliphatic hydroxyl groups excluding tert-OH is 2. The predicted octanol–water partition coefficient (Wildman–Crippen LogP) is 3.76. The summed E-state index contributed by atoms with van der Waals surface area (Å²) in [5, 5.41) is 21.3. The number of aliphatic hydroxyl groups is 2. The average Bonchev–Trinajstić information content (AvgIpc) is 2.92. The monoisotopic (exact) mass is 581 g/mol. The van der Waals surface area contributed by atoms with Crippen molar-refractivity contribution in [2.45, 2.75) is 111 Å². The summed E-state index contributed by atoms with van der Waals surface area (Å²) in [6.45, 7) is 13.4. The van der Waals surface area contributed by atoms with Crippen LogP contribution in [0.2, 0.25) is 0 Å². The van der Waals surface area contributed by atoms with Crippen LogP contribution in [-0.2, 0) is 28.5 Å². The zero-order valence-corrected chi connectivity index (χ0v) is 26.8. The highest BCUT2D eigenvalue weighted by molar-refractivity contribution is 5.91. The van der Waals surface area contributed by atoms with Crippen molar-refractivity contribution < 1.29 is 38.7 Å². The van der Waals surface area contributed by atoms with Gasteiger partial charge >= 0.3 is 5.97 Å². The Labute approximate surface area is 247 Å². The van der Waals surface area contributed by atoms with Gasteiger partial charge in [0, 0.05) is 36.8 Å². The molecule has 1 fully saturated rings. The Morgan fingerprint density at radius 2 is 1.71 bits per heavy atom. The lowest BCUT2D eigenvalue weighted by atomic mass is 9.82. The van der Waals surface area contributed by atoms with Gasteiger partial charge in [-0.05, 0) is 52.8 Å². The van der Waals surface area contributed by atoms with Gasteiger partial charge in [-0.25, -0.2) is 0 Å². The summed E-state index contributed by atoms with van der Waals surface area (Å²) in [5.41, 5.74) is 0.799. The molecule has 0 bridgehead atoms. The second-order valence-corrected chi connectivity index (χ2v) is 12.5. The Morgan fingerprint density at radius 3 is 2.27 bits per heavy atom. The molecular formula is C32H55NO8. The normalized spacial score (nSPS) is 42.4. The molecule has 236 valence electrons. The SMILES string of the molecule is CC[C@H]1OC(=O)C[C@@H](O)[C@H](C)[C@@H](OC2OC(C)C(C)C(N(C)C)C2OC)[C@@H](C)C[C@@H](C)C(=O)/C=C/C(C)=C/[C@@H]1CO. The van der Waals surface area contributed by atoms with Gasteiger partial charge in [-0.1, -0.05) is 52.3 Å². The molecule has 12 atom stereocenters. The van der Waals surface area contributed by atoms with Gasteiger partial charge in [0.1, 0.15) is 12.2 Å². The van der Waals surface area contributed by atoms with E-state index in [9.17, 15) is 19.8 Å². The topological polar surface area (TPSA) is 115 Å². The molecule has 0 aromatic heterocycles. The summed E-state index contributed by atoms with van der Waals surface area (Å²) in [4.78, 5) is 28.2. The minimum Gasteiger partial charge on any atom is -0.462 e. The molecule has 2 N–H and O–H groups in total. The molecule has 2 aliphatic heterocycles. The van der Waals surface area contributed by atoms with Crippen LogP contribution in [0.1, 0.15) is 67.7 Å². The van der Waals surface area contributed by atoms with Crippen molar-refractivity contribution in [3.8, 4) is 0 Å². The first-order valence-corrected chi connectivity index (χ1v) is 15.1. The van der Waals surface area contributed by atoms with Gasteiger partial charge < -0.3 is 34.1 Å². The van der Waals surface area contributed by atoms with Gasteiger partial charge in [0.2, 0.25) is 0 Å². The van der Waals surface area contributed by atoms with E-state index in [1.807, 2.05) is 61.7 Å². The lowest BCUT2D eigenvalue weighted by molar-refractivity contribution is -0.298. The van der Waals surface area contributed by atoms with Gasteiger partial charge in [0.25, 0.3) is 0 Å². The van der Waals surface area contributed by atoms with Crippen LogP contribution < -0.4 is 0 Å². The van der Waals surface area contributed by atoms with Crippen LogP contribution in [0.25, 0.3) is 0 Å². The van der Waals surface area contributed by atoms with E-state index in [2.05, 4.69) is 11.8 Å². The van der Waals surface area contributed by atoms with Crippen molar-refractivity contribution in [2.75, 3.05) is 27.8 Å². The average molecular weight is 582 g/mol. The third kappa shape index (κ3) is 9.43. The number of hydrogen-bond acceptors (Lipinski definition) is 9. The predicted molar refractivity (Wildman–Crippen MR) is 158 cm³/mol. The van der Waals surface area contributed by atoms with Crippen molar-refractivity contribution in [3.63, 3.8) is 0 Å². The van der Waals surface area contributed by atoms with Crippen molar-refractivity contribution >= 4 is 11.8 Å². The van der Waals surface area contributed by atoms with Crippen molar-refractivity contribution in [1.29, 1.82) is 0 Å². The molecule has 2 aliphatic rings. The summed E-state index contributed by atoms with van der Waals surface area (Å²) < 4.78 is 24.7. The van der Waals surface area contributed by atoms with E-state index in [0.717, 1.165) is 5.57 Å². The highest BCUT2D eigenvalue weighted by Gasteiger charge is 2.46. The number of ketones is 1. The Bertz CT molecular complexity index is 904. The number of carbonyl (C=O) groups is 2. The number of esters is 1. The zero-order chi connectivity index (χ0) is 31.0. The first-order chi connectivity index (χ1) is 19.2. The molecule has 0 amide bonds. The standard InChI is InChI=1S/C32H55NO8/c1-11-27-24(17-34)14-18(2)12-13-25(35)19(3)15-20(4)30(22(6)26(36)16-28(37)40-27)41-32-31(38-10)29(33(8)9)21(5)23(7)39-32/h12-14,19-24,26-27,29-32,34,36H,11,15-17H2,1-10H3/b13-12+,18-14+/t19-,20+,21?,22+,23?,24-,26-,27-,29?,30+,31?,32?/m1/s1. The van der Waals surface area contributed by atoms with Crippen molar-refractivity contribution in [1.82, 2.24) is 4.90 Å². The molecule has 5 unspecified atom stereocenters. The number of cyclic esters (lactones) is 1. The summed E-state index contributed by atoms with van der Waals surface area (Å²) in [6, 6.07) is 0.0397. The van der Waals surface area contributed by atoms with E-state index < -0.39 is 42.4 Å². The first kappa shape index (κ1) is 35.6. The minimum absolute atomic E-state index is 0.0125.